The molecule has 0 aliphatic carbocycles. The van der Waals surface area contributed by atoms with Crippen molar-refractivity contribution in [3.8, 4) is 0 Å². The Hall–Kier alpha value is -2.30. The highest BCUT2D eigenvalue weighted by Crippen LogP contribution is 2.18. The van der Waals surface area contributed by atoms with Gasteiger partial charge in [-0.25, -0.2) is 0 Å². The van der Waals surface area contributed by atoms with Crippen LogP contribution in [0.5, 0.6) is 0 Å². The summed E-state index contributed by atoms with van der Waals surface area (Å²) in [5.74, 6) is -0.115. The highest BCUT2D eigenvalue weighted by molar-refractivity contribution is 6.04. The van der Waals surface area contributed by atoms with Gasteiger partial charge in [0.1, 0.15) is 0 Å². The first-order valence-electron chi connectivity index (χ1n) is 7.17. The molecule has 5 nitrogen and oxygen atoms in total. The van der Waals surface area contributed by atoms with E-state index in [1.165, 1.54) is 0 Å². The maximum Gasteiger partial charge on any atom is 0.255 e. The van der Waals surface area contributed by atoms with E-state index in [9.17, 15) is 4.79 Å². The first-order valence-corrected chi connectivity index (χ1v) is 7.17. The van der Waals surface area contributed by atoms with Gasteiger partial charge in [-0.05, 0) is 44.0 Å². The van der Waals surface area contributed by atoms with Crippen LogP contribution >= 0.6 is 0 Å². The molecular formula is C16H22N4O. The van der Waals surface area contributed by atoms with Gasteiger partial charge in [-0.3, -0.25) is 9.48 Å². The Kier molecular flexibility index (Phi) is 4.62. The Balaban J connectivity index is 2.12. The van der Waals surface area contributed by atoms with Crippen molar-refractivity contribution in [2.45, 2.75) is 27.2 Å². The summed E-state index contributed by atoms with van der Waals surface area (Å²) in [5.41, 5.74) is 4.35. The molecule has 0 aliphatic heterocycles. The van der Waals surface area contributed by atoms with Crippen molar-refractivity contribution in [1.82, 2.24) is 9.78 Å². The van der Waals surface area contributed by atoms with Crippen LogP contribution in [0.15, 0.2) is 24.4 Å². The van der Waals surface area contributed by atoms with E-state index in [0.29, 0.717) is 5.56 Å². The highest BCUT2D eigenvalue weighted by Gasteiger charge is 2.11. The van der Waals surface area contributed by atoms with E-state index in [1.54, 1.807) is 10.9 Å². The Morgan fingerprint density at radius 2 is 2.05 bits per heavy atom. The van der Waals surface area contributed by atoms with Gasteiger partial charge >= 0.3 is 0 Å². The molecule has 21 heavy (non-hydrogen) atoms. The molecule has 0 saturated carbocycles. The van der Waals surface area contributed by atoms with Crippen LogP contribution in [0, 0.1) is 13.8 Å². The third kappa shape index (κ3) is 3.62. The molecular weight excluding hydrogens is 264 g/mol. The fraction of sp³-hybridized carbons (Fsp3) is 0.375. The molecule has 5 heteroatoms. The molecule has 0 radical (unpaired) electrons. The zero-order valence-electron chi connectivity index (χ0n) is 13.0. The topological polar surface area (TPSA) is 59.0 Å². The first-order chi connectivity index (χ1) is 10.0. The molecule has 1 amide bonds. The number of anilines is 2. The number of aryl methyl sites for hydroxylation is 3. The molecule has 2 rings (SSSR count). The van der Waals surface area contributed by atoms with Crippen LogP contribution < -0.4 is 10.6 Å². The van der Waals surface area contributed by atoms with Gasteiger partial charge in [-0.2, -0.15) is 5.10 Å². The zero-order chi connectivity index (χ0) is 15.4. The van der Waals surface area contributed by atoms with E-state index >= 15 is 0 Å². The van der Waals surface area contributed by atoms with E-state index in [1.807, 2.05) is 39.1 Å². The van der Waals surface area contributed by atoms with Crippen LogP contribution in [-0.2, 0) is 7.05 Å². The lowest BCUT2D eigenvalue weighted by atomic mass is 10.1. The minimum absolute atomic E-state index is 0.115. The number of aromatic nitrogens is 2. The van der Waals surface area contributed by atoms with Gasteiger partial charge in [0.05, 0.1) is 11.4 Å². The third-order valence-electron chi connectivity index (χ3n) is 3.32. The number of amides is 1. The number of rotatable bonds is 5. The average Bonchev–Trinajstić information content (AvgIpc) is 2.75. The first kappa shape index (κ1) is 15.1. The molecule has 112 valence electrons. The van der Waals surface area contributed by atoms with Gasteiger partial charge in [0.25, 0.3) is 5.91 Å². The Labute approximate surface area is 125 Å². The second-order valence-corrected chi connectivity index (χ2v) is 5.21. The number of hydrogen-bond donors (Lipinski definition) is 2. The largest absolute Gasteiger partial charge is 0.385 e. The maximum atomic E-state index is 12.3. The smallest absolute Gasteiger partial charge is 0.255 e. The van der Waals surface area contributed by atoms with Crippen LogP contribution in [0.25, 0.3) is 0 Å². The minimum atomic E-state index is -0.115. The van der Waals surface area contributed by atoms with Crippen LogP contribution in [-0.4, -0.2) is 22.2 Å². The van der Waals surface area contributed by atoms with Crippen molar-refractivity contribution < 1.29 is 4.79 Å². The van der Waals surface area contributed by atoms with Crippen LogP contribution in [0.2, 0.25) is 0 Å². The van der Waals surface area contributed by atoms with E-state index < -0.39 is 0 Å². The Morgan fingerprint density at radius 1 is 1.29 bits per heavy atom. The summed E-state index contributed by atoms with van der Waals surface area (Å²) in [5, 5.41) is 10.5. The molecule has 0 aliphatic rings. The van der Waals surface area contributed by atoms with Crippen molar-refractivity contribution in [3.05, 3.63) is 41.2 Å². The van der Waals surface area contributed by atoms with E-state index in [0.717, 1.165) is 35.6 Å². The number of nitrogens with zero attached hydrogens (tertiary/aromatic N) is 2. The van der Waals surface area contributed by atoms with Crippen molar-refractivity contribution in [1.29, 1.82) is 0 Å². The lowest BCUT2D eigenvalue weighted by Gasteiger charge is -2.10. The second-order valence-electron chi connectivity index (χ2n) is 5.21. The standard InChI is InChI=1S/C16H22N4O/c1-5-8-17-14-7-6-13(9-11(14)2)16(21)18-15-10-20(4)19-12(15)3/h6-7,9-10,17H,5,8H2,1-4H3,(H,18,21). The summed E-state index contributed by atoms with van der Waals surface area (Å²) in [6.07, 6.45) is 2.87. The predicted octanol–water partition coefficient (Wildman–Crippen LogP) is 3.11. The zero-order valence-corrected chi connectivity index (χ0v) is 13.0. The highest BCUT2D eigenvalue weighted by atomic mass is 16.1. The Bertz CT molecular complexity index is 646. The van der Waals surface area contributed by atoms with Crippen LogP contribution in [0.1, 0.15) is 35.0 Å². The summed E-state index contributed by atoms with van der Waals surface area (Å²) >= 11 is 0. The lowest BCUT2D eigenvalue weighted by Crippen LogP contribution is -2.13. The van der Waals surface area contributed by atoms with E-state index in [2.05, 4.69) is 22.7 Å². The second kappa shape index (κ2) is 6.43. The van der Waals surface area contributed by atoms with Crippen molar-refractivity contribution in [2.75, 3.05) is 17.2 Å². The van der Waals surface area contributed by atoms with Gasteiger partial charge in [0.15, 0.2) is 0 Å². The summed E-state index contributed by atoms with van der Waals surface area (Å²) in [6.45, 7) is 6.93. The molecule has 0 saturated heterocycles. The van der Waals surface area contributed by atoms with Gasteiger partial charge in [0.2, 0.25) is 0 Å². The fourth-order valence-corrected chi connectivity index (χ4v) is 2.18. The van der Waals surface area contributed by atoms with Gasteiger partial charge in [-0.15, -0.1) is 0 Å². The monoisotopic (exact) mass is 286 g/mol. The number of hydrogen-bond acceptors (Lipinski definition) is 3. The molecule has 0 fully saturated rings. The summed E-state index contributed by atoms with van der Waals surface area (Å²) in [7, 11) is 1.83. The predicted molar refractivity (Wildman–Crippen MR) is 85.9 cm³/mol. The molecule has 1 aromatic carbocycles. The summed E-state index contributed by atoms with van der Waals surface area (Å²) in [6, 6.07) is 5.70. The molecule has 0 atom stereocenters. The van der Waals surface area contributed by atoms with Crippen molar-refractivity contribution in [3.63, 3.8) is 0 Å². The molecule has 1 heterocycles. The molecule has 0 bridgehead atoms. The van der Waals surface area contributed by atoms with Gasteiger partial charge < -0.3 is 10.6 Å². The number of nitrogens with one attached hydrogen (secondary N) is 2. The van der Waals surface area contributed by atoms with Crippen LogP contribution in [0.4, 0.5) is 11.4 Å². The SMILES string of the molecule is CCCNc1ccc(C(=O)Nc2cn(C)nc2C)cc1C. The molecule has 0 unspecified atom stereocenters. The van der Waals surface area contributed by atoms with Gasteiger partial charge in [-0.1, -0.05) is 6.92 Å². The average molecular weight is 286 g/mol. The van der Waals surface area contributed by atoms with E-state index in [4.69, 9.17) is 0 Å². The number of benzene rings is 1. The maximum absolute atomic E-state index is 12.3. The molecule has 2 N–H and O–H groups in total. The Morgan fingerprint density at radius 3 is 2.62 bits per heavy atom. The number of carbonyl (C=O) groups is 1. The fourth-order valence-electron chi connectivity index (χ4n) is 2.18. The van der Waals surface area contributed by atoms with E-state index in [-0.39, 0.29) is 5.91 Å². The third-order valence-corrected chi connectivity index (χ3v) is 3.32. The van der Waals surface area contributed by atoms with Crippen LogP contribution in [0.3, 0.4) is 0 Å². The quantitative estimate of drug-likeness (QED) is 0.888. The molecule has 0 spiro atoms. The lowest BCUT2D eigenvalue weighted by molar-refractivity contribution is 0.102. The van der Waals surface area contributed by atoms with Crippen molar-refractivity contribution in [2.24, 2.45) is 7.05 Å². The normalized spacial score (nSPS) is 10.5. The summed E-state index contributed by atoms with van der Waals surface area (Å²) in [4.78, 5) is 12.3. The molecule has 2 aromatic rings. The summed E-state index contributed by atoms with van der Waals surface area (Å²) < 4.78 is 1.69. The van der Waals surface area contributed by atoms with Gasteiger partial charge in [0, 0.05) is 31.0 Å². The minimum Gasteiger partial charge on any atom is -0.385 e. The van der Waals surface area contributed by atoms with Crippen molar-refractivity contribution >= 4 is 17.3 Å². The number of carbonyl (C=O) groups excluding carboxylic acids is 1. The molecule has 1 aromatic heterocycles.